The summed E-state index contributed by atoms with van der Waals surface area (Å²) in [6.45, 7) is 4.67. The van der Waals surface area contributed by atoms with Gasteiger partial charge >= 0.3 is 0 Å². The molecule has 2 heteroatoms. The highest BCUT2D eigenvalue weighted by atomic mass is 16.5. The van der Waals surface area contributed by atoms with Crippen LogP contribution < -0.4 is 4.74 Å². The van der Waals surface area contributed by atoms with Crippen molar-refractivity contribution in [3.05, 3.63) is 65.7 Å². The molecule has 0 heterocycles. The lowest BCUT2D eigenvalue weighted by atomic mass is 10.0. The van der Waals surface area contributed by atoms with Crippen LogP contribution in [0.4, 0.5) is 0 Å². The molecule has 2 aromatic rings. The summed E-state index contributed by atoms with van der Waals surface area (Å²) in [7, 11) is 0. The van der Waals surface area contributed by atoms with E-state index in [9.17, 15) is 0 Å². The van der Waals surface area contributed by atoms with E-state index in [-0.39, 0.29) is 0 Å². The first kappa shape index (κ1) is 13.9. The molecule has 0 amide bonds. The van der Waals surface area contributed by atoms with Gasteiger partial charge in [-0.1, -0.05) is 30.3 Å². The Hall–Kier alpha value is -2.53. The largest absolute Gasteiger partial charge is 0.489 e. The molecule has 0 atom stereocenters. The highest BCUT2D eigenvalue weighted by Crippen LogP contribution is 2.23. The van der Waals surface area contributed by atoms with E-state index in [2.05, 4.69) is 6.07 Å². The van der Waals surface area contributed by atoms with Gasteiger partial charge in [-0.3, -0.25) is 0 Å². The second-order valence-corrected chi connectivity index (χ2v) is 4.64. The van der Waals surface area contributed by atoms with Gasteiger partial charge in [0.2, 0.25) is 0 Å². The molecular formula is C18H17NO. The summed E-state index contributed by atoms with van der Waals surface area (Å²) in [4.78, 5) is 0. The molecule has 2 rings (SSSR count). The molecule has 0 unspecified atom stereocenters. The molecule has 0 spiro atoms. The quantitative estimate of drug-likeness (QED) is 0.757. The van der Waals surface area contributed by atoms with Crippen molar-refractivity contribution in [2.75, 3.05) is 6.61 Å². The van der Waals surface area contributed by atoms with Gasteiger partial charge in [0.15, 0.2) is 0 Å². The Labute approximate surface area is 119 Å². The number of ether oxygens (including phenoxy) is 1. The monoisotopic (exact) mass is 263 g/mol. The SMILES string of the molecule is C/C=C(/C)COc1ccc(-c2ccc(C#N)cc2)cc1. The summed E-state index contributed by atoms with van der Waals surface area (Å²) in [5, 5.41) is 8.79. The van der Waals surface area contributed by atoms with Crippen LogP contribution in [0.1, 0.15) is 19.4 Å². The zero-order valence-electron chi connectivity index (χ0n) is 11.8. The van der Waals surface area contributed by atoms with Crippen molar-refractivity contribution in [3.8, 4) is 22.9 Å². The van der Waals surface area contributed by atoms with E-state index in [4.69, 9.17) is 10.00 Å². The summed E-state index contributed by atoms with van der Waals surface area (Å²) >= 11 is 0. The van der Waals surface area contributed by atoms with Gasteiger partial charge in [0, 0.05) is 0 Å². The molecule has 0 aliphatic heterocycles. The third-order valence-electron chi connectivity index (χ3n) is 3.16. The van der Waals surface area contributed by atoms with Gasteiger partial charge in [-0.25, -0.2) is 0 Å². The summed E-state index contributed by atoms with van der Waals surface area (Å²) in [6, 6.07) is 17.7. The van der Waals surface area contributed by atoms with Gasteiger partial charge in [-0.2, -0.15) is 5.26 Å². The van der Waals surface area contributed by atoms with Gasteiger partial charge in [0.05, 0.1) is 11.6 Å². The lowest BCUT2D eigenvalue weighted by molar-refractivity contribution is 0.352. The molecule has 2 aromatic carbocycles. The van der Waals surface area contributed by atoms with Crippen LogP contribution in [0.15, 0.2) is 60.2 Å². The van der Waals surface area contributed by atoms with E-state index >= 15 is 0 Å². The number of benzene rings is 2. The first-order chi connectivity index (χ1) is 9.72. The number of rotatable bonds is 4. The molecular weight excluding hydrogens is 246 g/mol. The predicted molar refractivity (Wildman–Crippen MR) is 81.5 cm³/mol. The fourth-order valence-electron chi connectivity index (χ4n) is 1.76. The number of nitriles is 1. The zero-order valence-corrected chi connectivity index (χ0v) is 11.8. The van der Waals surface area contributed by atoms with Crippen LogP contribution in [-0.2, 0) is 0 Å². The van der Waals surface area contributed by atoms with Crippen molar-refractivity contribution < 1.29 is 4.74 Å². The zero-order chi connectivity index (χ0) is 14.4. The van der Waals surface area contributed by atoms with Crippen molar-refractivity contribution in [2.45, 2.75) is 13.8 Å². The van der Waals surface area contributed by atoms with E-state index in [1.807, 2.05) is 68.5 Å². The van der Waals surface area contributed by atoms with Crippen molar-refractivity contribution in [1.82, 2.24) is 0 Å². The van der Waals surface area contributed by atoms with Crippen LogP contribution >= 0.6 is 0 Å². The highest BCUT2D eigenvalue weighted by molar-refractivity contribution is 5.64. The molecule has 0 saturated carbocycles. The lowest BCUT2D eigenvalue weighted by Crippen LogP contribution is -1.97. The minimum absolute atomic E-state index is 0.618. The Kier molecular flexibility index (Phi) is 4.57. The van der Waals surface area contributed by atoms with E-state index in [1.165, 1.54) is 5.57 Å². The van der Waals surface area contributed by atoms with E-state index in [1.54, 1.807) is 0 Å². The molecule has 0 aromatic heterocycles. The Bertz CT molecular complexity index is 631. The number of nitrogens with zero attached hydrogens (tertiary/aromatic N) is 1. The molecule has 0 fully saturated rings. The molecule has 0 bridgehead atoms. The number of allylic oxidation sites excluding steroid dienone is 1. The van der Waals surface area contributed by atoms with E-state index < -0.39 is 0 Å². The summed E-state index contributed by atoms with van der Waals surface area (Å²) in [6.07, 6.45) is 2.05. The van der Waals surface area contributed by atoms with E-state index in [0.717, 1.165) is 16.9 Å². The highest BCUT2D eigenvalue weighted by Gasteiger charge is 1.99. The van der Waals surface area contributed by atoms with Gasteiger partial charge in [-0.15, -0.1) is 0 Å². The second kappa shape index (κ2) is 6.58. The smallest absolute Gasteiger partial charge is 0.119 e. The average Bonchev–Trinajstić information content (AvgIpc) is 2.53. The van der Waals surface area contributed by atoms with Crippen molar-refractivity contribution >= 4 is 0 Å². The molecule has 2 nitrogen and oxygen atoms in total. The molecule has 100 valence electrons. The fraction of sp³-hybridized carbons (Fsp3) is 0.167. The molecule has 0 aliphatic rings. The number of hydrogen-bond donors (Lipinski definition) is 0. The topological polar surface area (TPSA) is 33.0 Å². The van der Waals surface area contributed by atoms with Crippen LogP contribution in [0.3, 0.4) is 0 Å². The van der Waals surface area contributed by atoms with Crippen molar-refractivity contribution in [1.29, 1.82) is 5.26 Å². The molecule has 0 aliphatic carbocycles. The van der Waals surface area contributed by atoms with Crippen LogP contribution in [0.25, 0.3) is 11.1 Å². The second-order valence-electron chi connectivity index (χ2n) is 4.64. The number of hydrogen-bond acceptors (Lipinski definition) is 2. The minimum Gasteiger partial charge on any atom is -0.489 e. The maximum absolute atomic E-state index is 8.79. The Balaban J connectivity index is 2.09. The Morgan fingerprint density at radius 1 is 1.05 bits per heavy atom. The Morgan fingerprint density at radius 3 is 2.10 bits per heavy atom. The maximum atomic E-state index is 8.79. The maximum Gasteiger partial charge on any atom is 0.119 e. The summed E-state index contributed by atoms with van der Waals surface area (Å²) < 4.78 is 5.67. The predicted octanol–water partition coefficient (Wildman–Crippen LogP) is 4.57. The average molecular weight is 263 g/mol. The minimum atomic E-state index is 0.618. The van der Waals surface area contributed by atoms with Crippen molar-refractivity contribution in [3.63, 3.8) is 0 Å². The molecule has 0 saturated heterocycles. The third-order valence-corrected chi connectivity index (χ3v) is 3.16. The van der Waals surface area contributed by atoms with Gasteiger partial charge in [0.1, 0.15) is 12.4 Å². The van der Waals surface area contributed by atoms with Gasteiger partial charge in [0.25, 0.3) is 0 Å². The molecule has 0 radical (unpaired) electrons. The molecule has 20 heavy (non-hydrogen) atoms. The lowest BCUT2D eigenvalue weighted by Gasteiger charge is -2.07. The van der Waals surface area contributed by atoms with Crippen LogP contribution in [-0.4, -0.2) is 6.61 Å². The van der Waals surface area contributed by atoms with Gasteiger partial charge < -0.3 is 4.74 Å². The molecule has 0 N–H and O–H groups in total. The van der Waals surface area contributed by atoms with Crippen LogP contribution in [0.5, 0.6) is 5.75 Å². The standard InChI is InChI=1S/C18H17NO/c1-3-14(2)13-20-18-10-8-17(9-11-18)16-6-4-15(12-19)5-7-16/h3-11H,13H2,1-2H3/b14-3-. The normalized spacial score (nSPS) is 10.9. The fourth-order valence-corrected chi connectivity index (χ4v) is 1.76. The summed E-state index contributed by atoms with van der Waals surface area (Å²) in [5.74, 6) is 0.864. The first-order valence-electron chi connectivity index (χ1n) is 6.58. The Morgan fingerprint density at radius 2 is 1.60 bits per heavy atom. The van der Waals surface area contributed by atoms with Gasteiger partial charge in [-0.05, 0) is 54.8 Å². The van der Waals surface area contributed by atoms with Crippen molar-refractivity contribution in [2.24, 2.45) is 0 Å². The summed E-state index contributed by atoms with van der Waals surface area (Å²) in [5.41, 5.74) is 4.10. The van der Waals surface area contributed by atoms with E-state index in [0.29, 0.717) is 12.2 Å². The van der Waals surface area contributed by atoms with Crippen LogP contribution in [0, 0.1) is 11.3 Å². The first-order valence-corrected chi connectivity index (χ1v) is 6.58. The third kappa shape index (κ3) is 3.49. The van der Waals surface area contributed by atoms with Crippen LogP contribution in [0.2, 0.25) is 0 Å².